The molecule has 26 heavy (non-hydrogen) atoms. The molecule has 0 unspecified atom stereocenters. The highest BCUT2D eigenvalue weighted by Crippen LogP contribution is 2.34. The minimum Gasteiger partial charge on any atom is -0.482 e. The van der Waals surface area contributed by atoms with Crippen molar-refractivity contribution in [1.29, 1.82) is 0 Å². The number of rotatable bonds is 6. The summed E-state index contributed by atoms with van der Waals surface area (Å²) in [4.78, 5) is 23.7. The van der Waals surface area contributed by atoms with E-state index in [1.807, 2.05) is 36.4 Å². The maximum atomic E-state index is 12.4. The van der Waals surface area contributed by atoms with Crippen LogP contribution in [0.1, 0.15) is 22.8 Å². The van der Waals surface area contributed by atoms with Crippen LogP contribution in [0.4, 0.5) is 0 Å². The quantitative estimate of drug-likeness (QED) is 0.586. The highest BCUT2D eigenvalue weighted by molar-refractivity contribution is 6.12. The number of hydrogen-bond donors (Lipinski definition) is 0. The molecule has 1 heterocycles. The summed E-state index contributed by atoms with van der Waals surface area (Å²) in [6.45, 7) is 1.84. The molecule has 0 atom stereocenters. The van der Waals surface area contributed by atoms with Crippen molar-refractivity contribution in [1.82, 2.24) is 0 Å². The Morgan fingerprint density at radius 2 is 1.96 bits per heavy atom. The van der Waals surface area contributed by atoms with Crippen LogP contribution in [0.25, 0.3) is 6.08 Å². The average molecular weight is 350 g/mol. The van der Waals surface area contributed by atoms with Crippen LogP contribution in [0.2, 0.25) is 0 Å². The smallest absolute Gasteiger partial charge is 0.344 e. The van der Waals surface area contributed by atoms with Gasteiger partial charge in [-0.3, -0.25) is 4.79 Å². The van der Waals surface area contributed by atoms with Crippen molar-refractivity contribution in [2.75, 3.05) is 13.2 Å². The SMILES string of the molecule is CCOC(=O)COc1ccc2c(c1)O/C(=C/C=C/c1ccccc1)C2=O. The largest absolute Gasteiger partial charge is 0.482 e. The van der Waals surface area contributed by atoms with Crippen molar-refractivity contribution in [3.05, 3.63) is 77.6 Å². The number of fused-ring (bicyclic) bond motifs is 1. The van der Waals surface area contributed by atoms with Crippen molar-refractivity contribution < 1.29 is 23.8 Å². The molecule has 5 heteroatoms. The van der Waals surface area contributed by atoms with Crippen LogP contribution in [-0.2, 0) is 9.53 Å². The Morgan fingerprint density at radius 1 is 1.15 bits per heavy atom. The molecular weight excluding hydrogens is 332 g/mol. The van der Waals surface area contributed by atoms with Crippen LogP contribution in [0.15, 0.2) is 66.4 Å². The summed E-state index contributed by atoms with van der Waals surface area (Å²) in [6.07, 6.45) is 5.29. The van der Waals surface area contributed by atoms with Crippen LogP contribution in [0.3, 0.4) is 0 Å². The van der Waals surface area contributed by atoms with Gasteiger partial charge in [0.1, 0.15) is 11.5 Å². The zero-order valence-corrected chi connectivity index (χ0v) is 14.3. The molecule has 0 saturated heterocycles. The molecule has 5 nitrogen and oxygen atoms in total. The molecule has 1 aliphatic rings. The number of benzene rings is 2. The number of allylic oxidation sites excluding steroid dienone is 3. The van der Waals surface area contributed by atoms with E-state index in [0.29, 0.717) is 23.7 Å². The Morgan fingerprint density at radius 3 is 2.73 bits per heavy atom. The molecule has 0 spiro atoms. The molecule has 0 saturated carbocycles. The summed E-state index contributed by atoms with van der Waals surface area (Å²) in [7, 11) is 0. The number of esters is 1. The first-order valence-electron chi connectivity index (χ1n) is 8.26. The Bertz CT molecular complexity index is 865. The van der Waals surface area contributed by atoms with Gasteiger partial charge >= 0.3 is 5.97 Å². The van der Waals surface area contributed by atoms with E-state index in [1.165, 1.54) is 0 Å². The van der Waals surface area contributed by atoms with Gasteiger partial charge in [0.15, 0.2) is 12.4 Å². The summed E-state index contributed by atoms with van der Waals surface area (Å²) >= 11 is 0. The number of carbonyl (C=O) groups is 2. The Hall–Kier alpha value is -3.34. The first-order chi connectivity index (χ1) is 12.7. The maximum absolute atomic E-state index is 12.4. The molecule has 0 aliphatic carbocycles. The molecule has 0 bridgehead atoms. The highest BCUT2D eigenvalue weighted by atomic mass is 16.6. The third kappa shape index (κ3) is 4.19. The number of ketones is 1. The minimum atomic E-state index is -0.448. The topological polar surface area (TPSA) is 61.8 Å². The first-order valence-corrected chi connectivity index (χ1v) is 8.26. The summed E-state index contributed by atoms with van der Waals surface area (Å²) in [5.74, 6) is 0.461. The Labute approximate surface area is 151 Å². The third-order valence-electron chi connectivity index (χ3n) is 3.64. The van der Waals surface area contributed by atoms with Crippen molar-refractivity contribution in [3.8, 4) is 11.5 Å². The van der Waals surface area contributed by atoms with E-state index in [4.69, 9.17) is 14.2 Å². The zero-order chi connectivity index (χ0) is 18.4. The fraction of sp³-hybridized carbons (Fsp3) is 0.143. The number of ether oxygens (including phenoxy) is 3. The van der Waals surface area contributed by atoms with Gasteiger partial charge in [-0.25, -0.2) is 4.79 Å². The van der Waals surface area contributed by atoms with E-state index >= 15 is 0 Å². The van der Waals surface area contributed by atoms with Gasteiger partial charge in [0.2, 0.25) is 5.78 Å². The standard InChI is InChI=1S/C21H18O5/c1-2-24-20(22)14-25-16-11-12-17-19(13-16)26-18(21(17)23)10-6-9-15-7-4-3-5-8-15/h3-13H,2,14H2,1H3/b9-6+,18-10+. The van der Waals surface area contributed by atoms with Crippen LogP contribution < -0.4 is 9.47 Å². The van der Waals surface area contributed by atoms with Crippen molar-refractivity contribution >= 4 is 17.8 Å². The lowest BCUT2D eigenvalue weighted by atomic mass is 10.1. The van der Waals surface area contributed by atoms with E-state index in [1.54, 1.807) is 37.3 Å². The Balaban J connectivity index is 1.67. The molecule has 2 aromatic carbocycles. The molecule has 0 fully saturated rings. The fourth-order valence-corrected chi connectivity index (χ4v) is 2.43. The number of carbonyl (C=O) groups excluding carboxylic acids is 2. The van der Waals surface area contributed by atoms with E-state index in [9.17, 15) is 9.59 Å². The van der Waals surface area contributed by atoms with Crippen molar-refractivity contribution in [2.45, 2.75) is 6.92 Å². The predicted octanol–water partition coefficient (Wildman–Crippen LogP) is 3.80. The van der Waals surface area contributed by atoms with Gasteiger partial charge in [-0.05, 0) is 30.7 Å². The monoisotopic (exact) mass is 350 g/mol. The molecular formula is C21H18O5. The normalized spacial score (nSPS) is 14.3. The number of hydrogen-bond acceptors (Lipinski definition) is 5. The molecule has 0 aromatic heterocycles. The second-order valence-electron chi connectivity index (χ2n) is 5.48. The zero-order valence-electron chi connectivity index (χ0n) is 14.3. The molecule has 0 radical (unpaired) electrons. The lowest BCUT2D eigenvalue weighted by Crippen LogP contribution is -2.14. The van der Waals surface area contributed by atoms with Gasteiger partial charge in [-0.15, -0.1) is 0 Å². The lowest BCUT2D eigenvalue weighted by Gasteiger charge is -2.06. The van der Waals surface area contributed by atoms with Crippen molar-refractivity contribution in [2.24, 2.45) is 0 Å². The van der Waals surface area contributed by atoms with Gasteiger partial charge in [-0.2, -0.15) is 0 Å². The van der Waals surface area contributed by atoms with E-state index in [-0.39, 0.29) is 18.1 Å². The predicted molar refractivity (Wildman–Crippen MR) is 97.1 cm³/mol. The molecule has 2 aromatic rings. The maximum Gasteiger partial charge on any atom is 0.344 e. The minimum absolute atomic E-state index is 0.186. The van der Waals surface area contributed by atoms with Gasteiger partial charge < -0.3 is 14.2 Å². The molecule has 3 rings (SSSR count). The summed E-state index contributed by atoms with van der Waals surface area (Å²) in [6, 6.07) is 14.6. The molecule has 0 amide bonds. The number of Topliss-reactive ketones (excluding diaryl/α,β-unsaturated/α-hetero) is 1. The van der Waals surface area contributed by atoms with Crippen LogP contribution in [0, 0.1) is 0 Å². The summed E-state index contributed by atoms with van der Waals surface area (Å²) < 4.78 is 15.8. The Kier molecular flexibility index (Phi) is 5.49. The van der Waals surface area contributed by atoms with E-state index < -0.39 is 5.97 Å². The van der Waals surface area contributed by atoms with Gasteiger partial charge in [-0.1, -0.05) is 42.5 Å². The molecule has 132 valence electrons. The second kappa shape index (κ2) is 8.16. The van der Waals surface area contributed by atoms with Gasteiger partial charge in [0.05, 0.1) is 12.2 Å². The van der Waals surface area contributed by atoms with Gasteiger partial charge in [0, 0.05) is 6.07 Å². The van der Waals surface area contributed by atoms with Crippen molar-refractivity contribution in [3.63, 3.8) is 0 Å². The lowest BCUT2D eigenvalue weighted by molar-refractivity contribution is -0.145. The van der Waals surface area contributed by atoms with Crippen LogP contribution >= 0.6 is 0 Å². The highest BCUT2D eigenvalue weighted by Gasteiger charge is 2.27. The first kappa shape index (κ1) is 17.5. The van der Waals surface area contributed by atoms with Crippen LogP contribution in [-0.4, -0.2) is 25.0 Å². The summed E-state index contributed by atoms with van der Waals surface area (Å²) in [5.41, 5.74) is 1.50. The fourth-order valence-electron chi connectivity index (χ4n) is 2.43. The average Bonchev–Trinajstić information content (AvgIpc) is 2.96. The summed E-state index contributed by atoms with van der Waals surface area (Å²) in [5, 5.41) is 0. The second-order valence-corrected chi connectivity index (χ2v) is 5.48. The molecule has 1 aliphatic heterocycles. The molecule has 0 N–H and O–H groups in total. The van der Waals surface area contributed by atoms with E-state index in [2.05, 4.69) is 0 Å². The third-order valence-corrected chi connectivity index (χ3v) is 3.64. The van der Waals surface area contributed by atoms with Gasteiger partial charge in [0.25, 0.3) is 0 Å². The van der Waals surface area contributed by atoms with Crippen LogP contribution in [0.5, 0.6) is 11.5 Å². The van der Waals surface area contributed by atoms with E-state index in [0.717, 1.165) is 5.56 Å².